The van der Waals surface area contributed by atoms with Crippen LogP contribution in [0.1, 0.15) is 23.3 Å². The van der Waals surface area contributed by atoms with E-state index < -0.39 is 11.6 Å². The second-order valence-electron chi connectivity index (χ2n) is 4.78. The van der Waals surface area contributed by atoms with Crippen molar-refractivity contribution in [2.45, 2.75) is 18.9 Å². The van der Waals surface area contributed by atoms with Gasteiger partial charge in [0, 0.05) is 12.1 Å². The van der Waals surface area contributed by atoms with Gasteiger partial charge in [0.25, 0.3) is 5.91 Å². The number of aromatic nitrogens is 2. The Morgan fingerprint density at radius 2 is 2.00 bits per heavy atom. The van der Waals surface area contributed by atoms with Crippen LogP contribution in [0.2, 0.25) is 0 Å². The molecule has 0 unspecified atom stereocenters. The number of carbonyl (C=O) groups excluding carboxylic acids is 1. The van der Waals surface area contributed by atoms with Gasteiger partial charge in [0.1, 0.15) is 23.1 Å². The first kappa shape index (κ1) is 13.4. The summed E-state index contributed by atoms with van der Waals surface area (Å²) in [6, 6.07) is 3.41. The van der Waals surface area contributed by atoms with Crippen LogP contribution in [-0.2, 0) is 0 Å². The third kappa shape index (κ3) is 3.31. The Kier molecular flexibility index (Phi) is 3.47. The lowest BCUT2D eigenvalue weighted by molar-refractivity contribution is 0.0945. The third-order valence-electron chi connectivity index (χ3n) is 2.99. The van der Waals surface area contributed by atoms with E-state index in [0.29, 0.717) is 0 Å². The van der Waals surface area contributed by atoms with E-state index in [1.165, 1.54) is 18.5 Å². The van der Waals surface area contributed by atoms with E-state index >= 15 is 0 Å². The number of rotatable bonds is 4. The van der Waals surface area contributed by atoms with Crippen LogP contribution in [0.15, 0.2) is 30.6 Å². The molecule has 1 aromatic carbocycles. The first-order valence-electron chi connectivity index (χ1n) is 6.47. The molecular weight excluding hydrogens is 278 g/mol. The van der Waals surface area contributed by atoms with Gasteiger partial charge < -0.3 is 10.6 Å². The molecule has 1 aliphatic rings. The Labute approximate surface area is 119 Å². The van der Waals surface area contributed by atoms with E-state index in [4.69, 9.17) is 0 Å². The molecule has 1 amide bonds. The lowest BCUT2D eigenvalue weighted by atomic mass is 10.3. The second kappa shape index (κ2) is 5.43. The van der Waals surface area contributed by atoms with Gasteiger partial charge in [0.2, 0.25) is 0 Å². The van der Waals surface area contributed by atoms with Crippen molar-refractivity contribution in [3.05, 3.63) is 47.9 Å². The zero-order valence-corrected chi connectivity index (χ0v) is 10.9. The van der Waals surface area contributed by atoms with Gasteiger partial charge >= 0.3 is 0 Å². The summed E-state index contributed by atoms with van der Waals surface area (Å²) < 4.78 is 26.3. The zero-order valence-electron chi connectivity index (χ0n) is 10.9. The predicted molar refractivity (Wildman–Crippen MR) is 72.2 cm³/mol. The maximum absolute atomic E-state index is 13.5. The molecule has 1 aromatic heterocycles. The third-order valence-corrected chi connectivity index (χ3v) is 2.99. The van der Waals surface area contributed by atoms with Gasteiger partial charge in [0.15, 0.2) is 0 Å². The molecule has 5 nitrogen and oxygen atoms in total. The molecule has 3 rings (SSSR count). The number of hydrogen-bond donors (Lipinski definition) is 2. The summed E-state index contributed by atoms with van der Waals surface area (Å²) in [7, 11) is 0. The lowest BCUT2D eigenvalue weighted by Gasteiger charge is -2.07. The summed E-state index contributed by atoms with van der Waals surface area (Å²) in [6.07, 6.45) is 4.61. The quantitative estimate of drug-likeness (QED) is 0.907. The molecule has 21 heavy (non-hydrogen) atoms. The monoisotopic (exact) mass is 290 g/mol. The second-order valence-corrected chi connectivity index (χ2v) is 4.78. The van der Waals surface area contributed by atoms with Crippen molar-refractivity contribution in [2.75, 3.05) is 5.32 Å². The van der Waals surface area contributed by atoms with Crippen LogP contribution in [0.5, 0.6) is 0 Å². The van der Waals surface area contributed by atoms with Crippen molar-refractivity contribution in [1.29, 1.82) is 0 Å². The van der Waals surface area contributed by atoms with Gasteiger partial charge in [-0.15, -0.1) is 0 Å². The Balaban J connectivity index is 1.70. The summed E-state index contributed by atoms with van der Waals surface area (Å²) in [4.78, 5) is 19.7. The van der Waals surface area contributed by atoms with Crippen molar-refractivity contribution >= 4 is 17.4 Å². The average Bonchev–Trinajstić information content (AvgIpc) is 3.26. The van der Waals surface area contributed by atoms with Crippen LogP contribution in [0.4, 0.5) is 20.3 Å². The molecule has 0 radical (unpaired) electrons. The minimum atomic E-state index is -0.729. The predicted octanol–water partition coefficient (Wildman–Crippen LogP) is 2.39. The molecule has 0 saturated heterocycles. The van der Waals surface area contributed by atoms with Crippen LogP contribution in [0.25, 0.3) is 0 Å². The number of carbonyl (C=O) groups is 1. The van der Waals surface area contributed by atoms with Crippen molar-refractivity contribution < 1.29 is 13.6 Å². The summed E-state index contributed by atoms with van der Waals surface area (Å²) in [5, 5.41) is 5.46. The first-order chi connectivity index (χ1) is 10.1. The van der Waals surface area contributed by atoms with E-state index in [1.807, 2.05) is 0 Å². The summed E-state index contributed by atoms with van der Waals surface area (Å²) in [6.45, 7) is 0. The summed E-state index contributed by atoms with van der Waals surface area (Å²) in [5.74, 6) is -1.39. The topological polar surface area (TPSA) is 66.9 Å². The first-order valence-corrected chi connectivity index (χ1v) is 6.47. The number of nitrogens with one attached hydrogen (secondary N) is 2. The number of amides is 1. The molecular formula is C14H12F2N4O. The van der Waals surface area contributed by atoms with Gasteiger partial charge in [0.05, 0.1) is 18.1 Å². The highest BCUT2D eigenvalue weighted by Gasteiger charge is 2.24. The van der Waals surface area contributed by atoms with Gasteiger partial charge in [-0.2, -0.15) is 0 Å². The minimum absolute atomic E-state index is 0.0841. The van der Waals surface area contributed by atoms with E-state index in [1.54, 1.807) is 0 Å². The largest absolute Gasteiger partial charge is 0.348 e. The standard InChI is InChI=1S/C14H12F2N4O/c15-8-1-4-11(10(16)5-8)20-13-7-17-12(6-18-13)14(21)19-9-2-3-9/h1,4-7,9H,2-3H2,(H,18,20)(H,19,21). The van der Waals surface area contributed by atoms with Crippen molar-refractivity contribution in [2.24, 2.45) is 0 Å². The maximum atomic E-state index is 13.5. The van der Waals surface area contributed by atoms with E-state index in [2.05, 4.69) is 20.6 Å². The molecule has 2 aromatic rings. The Morgan fingerprint density at radius 3 is 2.62 bits per heavy atom. The van der Waals surface area contributed by atoms with Crippen molar-refractivity contribution in [1.82, 2.24) is 15.3 Å². The fourth-order valence-corrected chi connectivity index (χ4v) is 1.73. The Hall–Kier alpha value is -2.57. The lowest BCUT2D eigenvalue weighted by Crippen LogP contribution is -2.26. The molecule has 0 bridgehead atoms. The van der Waals surface area contributed by atoms with Gasteiger partial charge in [-0.1, -0.05) is 0 Å². The Morgan fingerprint density at radius 1 is 1.19 bits per heavy atom. The molecule has 0 atom stereocenters. The highest BCUT2D eigenvalue weighted by molar-refractivity contribution is 5.92. The number of halogens is 2. The fraction of sp³-hybridized carbons (Fsp3) is 0.214. The highest BCUT2D eigenvalue weighted by Crippen LogP contribution is 2.20. The minimum Gasteiger partial charge on any atom is -0.348 e. The smallest absolute Gasteiger partial charge is 0.271 e. The van der Waals surface area contributed by atoms with Gasteiger partial charge in [-0.05, 0) is 25.0 Å². The molecule has 1 saturated carbocycles. The highest BCUT2D eigenvalue weighted by atomic mass is 19.1. The van der Waals surface area contributed by atoms with Crippen LogP contribution in [0.3, 0.4) is 0 Å². The number of benzene rings is 1. The molecule has 1 fully saturated rings. The van der Waals surface area contributed by atoms with Crippen LogP contribution in [-0.4, -0.2) is 21.9 Å². The van der Waals surface area contributed by atoms with Crippen molar-refractivity contribution in [3.8, 4) is 0 Å². The fourth-order valence-electron chi connectivity index (χ4n) is 1.73. The molecule has 0 aliphatic heterocycles. The SMILES string of the molecule is O=C(NC1CC1)c1cnc(Nc2ccc(F)cc2F)cn1. The molecule has 1 heterocycles. The molecule has 2 N–H and O–H groups in total. The van der Waals surface area contributed by atoms with Crippen LogP contribution in [0, 0.1) is 11.6 Å². The molecule has 108 valence electrons. The average molecular weight is 290 g/mol. The Bertz CT molecular complexity index is 671. The van der Waals surface area contributed by atoms with Crippen LogP contribution < -0.4 is 10.6 Å². The van der Waals surface area contributed by atoms with E-state index in [0.717, 1.165) is 25.0 Å². The van der Waals surface area contributed by atoms with Crippen molar-refractivity contribution in [3.63, 3.8) is 0 Å². The molecule has 0 spiro atoms. The maximum Gasteiger partial charge on any atom is 0.271 e. The summed E-state index contributed by atoms with van der Waals surface area (Å²) in [5.41, 5.74) is 0.285. The number of hydrogen-bond acceptors (Lipinski definition) is 4. The number of anilines is 2. The number of nitrogens with zero attached hydrogens (tertiary/aromatic N) is 2. The summed E-state index contributed by atoms with van der Waals surface area (Å²) >= 11 is 0. The van der Waals surface area contributed by atoms with E-state index in [9.17, 15) is 13.6 Å². The van der Waals surface area contributed by atoms with Gasteiger partial charge in [-0.3, -0.25) is 4.79 Å². The van der Waals surface area contributed by atoms with E-state index in [-0.39, 0.29) is 29.1 Å². The zero-order chi connectivity index (χ0) is 14.8. The van der Waals surface area contributed by atoms with Gasteiger partial charge in [-0.25, -0.2) is 18.7 Å². The normalized spacial score (nSPS) is 13.8. The molecule has 7 heteroatoms. The molecule has 1 aliphatic carbocycles. The van der Waals surface area contributed by atoms with Crippen LogP contribution >= 0.6 is 0 Å².